The lowest BCUT2D eigenvalue weighted by Crippen LogP contribution is -2.16. The summed E-state index contributed by atoms with van der Waals surface area (Å²) in [6.07, 6.45) is 0.108. The predicted octanol–water partition coefficient (Wildman–Crippen LogP) is 2.58. The molecule has 0 amide bonds. The van der Waals surface area contributed by atoms with Crippen molar-refractivity contribution in [3.05, 3.63) is 28.2 Å². The van der Waals surface area contributed by atoms with E-state index in [1.54, 1.807) is 7.11 Å². The number of hydrogen-bond donors (Lipinski definition) is 1. The minimum absolute atomic E-state index is 0.108. The van der Waals surface area contributed by atoms with Crippen LogP contribution in [0.2, 0.25) is 0 Å². The SMILES string of the molecule is CNCc1cc(OCC(C)OC)ccc1Br. The normalized spacial score (nSPS) is 12.5. The van der Waals surface area contributed by atoms with E-state index in [4.69, 9.17) is 9.47 Å². The van der Waals surface area contributed by atoms with Crippen LogP contribution in [-0.2, 0) is 11.3 Å². The first-order valence-electron chi connectivity index (χ1n) is 5.26. The highest BCUT2D eigenvalue weighted by molar-refractivity contribution is 9.10. The Bertz CT molecular complexity index is 331. The van der Waals surface area contributed by atoms with E-state index in [1.165, 1.54) is 5.56 Å². The Balaban J connectivity index is 2.63. The van der Waals surface area contributed by atoms with Gasteiger partial charge in [-0.05, 0) is 37.7 Å². The van der Waals surface area contributed by atoms with Crippen molar-refractivity contribution >= 4 is 15.9 Å². The molecule has 1 N–H and O–H groups in total. The molecule has 0 aliphatic rings. The molecular weight excluding hydrogens is 270 g/mol. The molecule has 1 aromatic carbocycles. The number of methoxy groups -OCH3 is 1. The zero-order chi connectivity index (χ0) is 12.0. The van der Waals surface area contributed by atoms with Crippen molar-refractivity contribution in [2.45, 2.75) is 19.6 Å². The average Bonchev–Trinajstić information content (AvgIpc) is 2.30. The van der Waals surface area contributed by atoms with Crippen LogP contribution in [0.15, 0.2) is 22.7 Å². The summed E-state index contributed by atoms with van der Waals surface area (Å²) in [5.74, 6) is 0.873. The fourth-order valence-corrected chi connectivity index (χ4v) is 1.64. The zero-order valence-electron chi connectivity index (χ0n) is 9.92. The standard InChI is InChI=1S/C12H18BrNO2/c1-9(15-3)8-16-11-4-5-12(13)10(6-11)7-14-2/h4-6,9,14H,7-8H2,1-3H3. The van der Waals surface area contributed by atoms with Crippen LogP contribution >= 0.6 is 15.9 Å². The third-order valence-electron chi connectivity index (χ3n) is 2.27. The van der Waals surface area contributed by atoms with Crippen molar-refractivity contribution in [2.75, 3.05) is 20.8 Å². The first-order valence-corrected chi connectivity index (χ1v) is 6.05. The van der Waals surface area contributed by atoms with Crippen LogP contribution in [0.3, 0.4) is 0 Å². The Morgan fingerprint density at radius 1 is 1.44 bits per heavy atom. The third kappa shape index (κ3) is 4.12. The molecule has 0 saturated carbocycles. The first-order chi connectivity index (χ1) is 7.67. The number of ether oxygens (including phenoxy) is 2. The maximum atomic E-state index is 5.63. The average molecular weight is 288 g/mol. The van der Waals surface area contributed by atoms with Crippen LogP contribution in [0.4, 0.5) is 0 Å². The van der Waals surface area contributed by atoms with Gasteiger partial charge in [0, 0.05) is 18.1 Å². The molecule has 90 valence electrons. The van der Waals surface area contributed by atoms with E-state index in [0.717, 1.165) is 16.8 Å². The molecule has 0 aliphatic heterocycles. The van der Waals surface area contributed by atoms with Crippen LogP contribution in [0.5, 0.6) is 5.75 Å². The van der Waals surface area contributed by atoms with Gasteiger partial charge in [0.2, 0.25) is 0 Å². The molecule has 0 fully saturated rings. The Morgan fingerprint density at radius 3 is 2.81 bits per heavy atom. The maximum absolute atomic E-state index is 5.63. The van der Waals surface area contributed by atoms with Crippen LogP contribution < -0.4 is 10.1 Å². The molecule has 0 bridgehead atoms. The lowest BCUT2D eigenvalue weighted by molar-refractivity contribution is 0.0716. The second-order valence-electron chi connectivity index (χ2n) is 3.64. The molecular formula is C12H18BrNO2. The highest BCUT2D eigenvalue weighted by Gasteiger charge is 2.04. The summed E-state index contributed by atoms with van der Waals surface area (Å²) in [4.78, 5) is 0. The molecule has 16 heavy (non-hydrogen) atoms. The van der Waals surface area contributed by atoms with Crippen LogP contribution in [0.1, 0.15) is 12.5 Å². The Hall–Kier alpha value is -0.580. The quantitative estimate of drug-likeness (QED) is 0.872. The van der Waals surface area contributed by atoms with Gasteiger partial charge in [-0.15, -0.1) is 0 Å². The minimum atomic E-state index is 0.108. The molecule has 4 heteroatoms. The van der Waals surface area contributed by atoms with Gasteiger partial charge in [0.1, 0.15) is 12.4 Å². The van der Waals surface area contributed by atoms with Gasteiger partial charge in [0.15, 0.2) is 0 Å². The highest BCUT2D eigenvalue weighted by Crippen LogP contribution is 2.22. The molecule has 0 aliphatic carbocycles. The van der Waals surface area contributed by atoms with Crippen LogP contribution in [0.25, 0.3) is 0 Å². The summed E-state index contributed by atoms with van der Waals surface area (Å²) in [6, 6.07) is 5.98. The van der Waals surface area contributed by atoms with Gasteiger partial charge in [-0.2, -0.15) is 0 Å². The Kier molecular flexibility index (Phi) is 5.80. The highest BCUT2D eigenvalue weighted by atomic mass is 79.9. The van der Waals surface area contributed by atoms with E-state index < -0.39 is 0 Å². The summed E-state index contributed by atoms with van der Waals surface area (Å²) in [5, 5.41) is 3.12. The van der Waals surface area contributed by atoms with Crippen LogP contribution in [-0.4, -0.2) is 26.9 Å². The van der Waals surface area contributed by atoms with Crippen molar-refractivity contribution in [3.8, 4) is 5.75 Å². The van der Waals surface area contributed by atoms with E-state index in [2.05, 4.69) is 21.2 Å². The summed E-state index contributed by atoms with van der Waals surface area (Å²) < 4.78 is 11.8. The molecule has 0 saturated heterocycles. The monoisotopic (exact) mass is 287 g/mol. The summed E-state index contributed by atoms with van der Waals surface area (Å²) in [6.45, 7) is 3.36. The third-order valence-corrected chi connectivity index (χ3v) is 3.05. The molecule has 1 aromatic rings. The lowest BCUT2D eigenvalue weighted by Gasteiger charge is -2.13. The summed E-state index contributed by atoms with van der Waals surface area (Å²) in [7, 11) is 3.61. The van der Waals surface area contributed by atoms with Crippen molar-refractivity contribution in [3.63, 3.8) is 0 Å². The zero-order valence-corrected chi connectivity index (χ0v) is 11.5. The molecule has 0 aromatic heterocycles. The molecule has 1 unspecified atom stereocenters. The molecule has 0 spiro atoms. The summed E-state index contributed by atoms with van der Waals surface area (Å²) >= 11 is 3.50. The molecule has 0 radical (unpaired) electrons. The molecule has 0 heterocycles. The Labute approximate surface area is 105 Å². The van der Waals surface area contributed by atoms with E-state index in [1.807, 2.05) is 32.2 Å². The topological polar surface area (TPSA) is 30.5 Å². The van der Waals surface area contributed by atoms with Gasteiger partial charge in [-0.3, -0.25) is 0 Å². The van der Waals surface area contributed by atoms with Crippen LogP contribution in [0, 0.1) is 0 Å². The number of benzene rings is 1. The van der Waals surface area contributed by atoms with Gasteiger partial charge in [0.05, 0.1) is 6.10 Å². The lowest BCUT2D eigenvalue weighted by atomic mass is 10.2. The molecule has 1 atom stereocenters. The van der Waals surface area contributed by atoms with E-state index >= 15 is 0 Å². The van der Waals surface area contributed by atoms with Gasteiger partial charge in [0.25, 0.3) is 0 Å². The van der Waals surface area contributed by atoms with Crippen molar-refractivity contribution in [2.24, 2.45) is 0 Å². The van der Waals surface area contributed by atoms with Crippen molar-refractivity contribution in [1.29, 1.82) is 0 Å². The second kappa shape index (κ2) is 6.89. The predicted molar refractivity (Wildman–Crippen MR) is 68.9 cm³/mol. The fraction of sp³-hybridized carbons (Fsp3) is 0.500. The second-order valence-corrected chi connectivity index (χ2v) is 4.50. The number of hydrogen-bond acceptors (Lipinski definition) is 3. The first kappa shape index (κ1) is 13.5. The van der Waals surface area contributed by atoms with Gasteiger partial charge >= 0.3 is 0 Å². The summed E-state index contributed by atoms with van der Waals surface area (Å²) in [5.41, 5.74) is 1.19. The van der Waals surface area contributed by atoms with Crippen molar-refractivity contribution in [1.82, 2.24) is 5.32 Å². The number of halogens is 1. The van der Waals surface area contributed by atoms with E-state index in [0.29, 0.717) is 6.61 Å². The van der Waals surface area contributed by atoms with Crippen molar-refractivity contribution < 1.29 is 9.47 Å². The smallest absolute Gasteiger partial charge is 0.119 e. The van der Waals surface area contributed by atoms with Gasteiger partial charge in [-0.25, -0.2) is 0 Å². The molecule has 1 rings (SSSR count). The van der Waals surface area contributed by atoms with Gasteiger partial charge in [-0.1, -0.05) is 15.9 Å². The van der Waals surface area contributed by atoms with E-state index in [9.17, 15) is 0 Å². The number of nitrogens with one attached hydrogen (secondary N) is 1. The largest absolute Gasteiger partial charge is 0.491 e. The minimum Gasteiger partial charge on any atom is -0.491 e. The van der Waals surface area contributed by atoms with E-state index in [-0.39, 0.29) is 6.10 Å². The maximum Gasteiger partial charge on any atom is 0.119 e. The Morgan fingerprint density at radius 2 is 2.19 bits per heavy atom. The van der Waals surface area contributed by atoms with Gasteiger partial charge < -0.3 is 14.8 Å². The molecule has 3 nitrogen and oxygen atoms in total. The fourth-order valence-electron chi connectivity index (χ4n) is 1.25. The number of rotatable bonds is 6.